The summed E-state index contributed by atoms with van der Waals surface area (Å²) in [6.45, 7) is 0.393. The summed E-state index contributed by atoms with van der Waals surface area (Å²) in [6.07, 6.45) is 1.78. The van der Waals surface area contributed by atoms with Gasteiger partial charge in [0.1, 0.15) is 5.92 Å². The lowest BCUT2D eigenvalue weighted by Crippen LogP contribution is -2.44. The third-order valence-electron chi connectivity index (χ3n) is 4.00. The van der Waals surface area contributed by atoms with Gasteiger partial charge in [0.15, 0.2) is 0 Å². The number of benzene rings is 1. The number of nitrogens with zero attached hydrogens (tertiary/aromatic N) is 1. The van der Waals surface area contributed by atoms with Crippen LogP contribution in [0.25, 0.3) is 10.9 Å². The second-order valence-electron chi connectivity index (χ2n) is 5.21. The molecule has 6 heteroatoms. The molecule has 2 aromatic rings. The van der Waals surface area contributed by atoms with Crippen LogP contribution in [0.1, 0.15) is 10.4 Å². The van der Waals surface area contributed by atoms with Crippen LogP contribution >= 0.6 is 0 Å². The number of nitrogens with one attached hydrogen (secondary N) is 1. The first-order valence-corrected chi connectivity index (χ1v) is 6.73. The number of hydrogen-bond donors (Lipinski definition) is 2. The molecule has 1 fully saturated rings. The van der Waals surface area contributed by atoms with Crippen LogP contribution in [0, 0.1) is 5.92 Å². The fraction of sp³-hybridized carbons (Fsp3) is 0.333. The Bertz CT molecular complexity index is 694. The van der Waals surface area contributed by atoms with E-state index in [2.05, 4.69) is 4.98 Å². The minimum absolute atomic E-state index is 0.143. The highest BCUT2D eigenvalue weighted by molar-refractivity contribution is 6.05. The van der Waals surface area contributed by atoms with Gasteiger partial charge in [-0.15, -0.1) is 0 Å². The number of carbonyl (C=O) groups excluding carboxylic acids is 1. The van der Waals surface area contributed by atoms with E-state index in [1.807, 2.05) is 18.2 Å². The highest BCUT2D eigenvalue weighted by atomic mass is 16.5. The zero-order valence-electron chi connectivity index (χ0n) is 11.6. The second-order valence-corrected chi connectivity index (χ2v) is 5.21. The van der Waals surface area contributed by atoms with Crippen LogP contribution in [0.4, 0.5) is 0 Å². The lowest BCUT2D eigenvalue weighted by Gasteiger charge is -2.26. The fourth-order valence-electron chi connectivity index (χ4n) is 2.76. The largest absolute Gasteiger partial charge is 0.481 e. The van der Waals surface area contributed by atoms with Gasteiger partial charge in [-0.05, 0) is 12.1 Å². The molecule has 2 atom stereocenters. The Balaban J connectivity index is 1.91. The molecule has 1 aliphatic rings. The SMILES string of the molecule is CN(C(=O)c1cccc2cc[nH]c12)C1COCC1C(=O)O. The van der Waals surface area contributed by atoms with E-state index in [9.17, 15) is 14.7 Å². The van der Waals surface area contributed by atoms with Crippen molar-refractivity contribution >= 4 is 22.8 Å². The molecule has 1 aromatic heterocycles. The average Bonchev–Trinajstić information content (AvgIpc) is 3.13. The van der Waals surface area contributed by atoms with E-state index in [-0.39, 0.29) is 19.1 Å². The van der Waals surface area contributed by atoms with E-state index in [0.29, 0.717) is 5.56 Å². The van der Waals surface area contributed by atoms with Crippen molar-refractivity contribution in [3.8, 4) is 0 Å². The van der Waals surface area contributed by atoms with E-state index in [1.165, 1.54) is 4.90 Å². The number of carboxylic acid groups (broad SMARTS) is 1. The molecule has 0 spiro atoms. The Kier molecular flexibility index (Phi) is 3.39. The van der Waals surface area contributed by atoms with Gasteiger partial charge in [-0.2, -0.15) is 0 Å². The quantitative estimate of drug-likeness (QED) is 0.893. The van der Waals surface area contributed by atoms with Crippen LogP contribution < -0.4 is 0 Å². The van der Waals surface area contributed by atoms with Crippen molar-refractivity contribution in [1.82, 2.24) is 9.88 Å². The predicted molar refractivity (Wildman–Crippen MR) is 76.1 cm³/mol. The zero-order valence-corrected chi connectivity index (χ0v) is 11.6. The molecule has 3 rings (SSSR count). The van der Waals surface area contributed by atoms with Crippen LogP contribution in [0.2, 0.25) is 0 Å². The number of carboxylic acids is 1. The molecule has 0 aliphatic carbocycles. The van der Waals surface area contributed by atoms with Gasteiger partial charge < -0.3 is 19.7 Å². The number of hydrogen-bond acceptors (Lipinski definition) is 3. The van der Waals surface area contributed by atoms with Gasteiger partial charge in [-0.1, -0.05) is 12.1 Å². The maximum atomic E-state index is 12.7. The first kappa shape index (κ1) is 13.6. The molecule has 1 aliphatic heterocycles. The van der Waals surface area contributed by atoms with E-state index >= 15 is 0 Å². The molecule has 2 heterocycles. The summed E-state index contributed by atoms with van der Waals surface area (Å²) >= 11 is 0. The Morgan fingerprint density at radius 3 is 2.90 bits per heavy atom. The Morgan fingerprint density at radius 1 is 1.33 bits per heavy atom. The monoisotopic (exact) mass is 288 g/mol. The van der Waals surface area contributed by atoms with Crippen LogP contribution in [-0.2, 0) is 9.53 Å². The number of aliphatic carboxylic acids is 1. The lowest BCUT2D eigenvalue weighted by atomic mass is 10.0. The molecule has 21 heavy (non-hydrogen) atoms. The average molecular weight is 288 g/mol. The van der Waals surface area contributed by atoms with E-state index in [0.717, 1.165) is 10.9 Å². The van der Waals surface area contributed by atoms with Crippen molar-refractivity contribution in [3.63, 3.8) is 0 Å². The minimum Gasteiger partial charge on any atom is -0.481 e. The number of aromatic amines is 1. The maximum absolute atomic E-state index is 12.7. The molecule has 0 radical (unpaired) electrons. The van der Waals surface area contributed by atoms with Crippen molar-refractivity contribution < 1.29 is 19.4 Å². The first-order chi connectivity index (χ1) is 10.1. The molecule has 1 saturated heterocycles. The van der Waals surface area contributed by atoms with Crippen LogP contribution in [0.5, 0.6) is 0 Å². The zero-order chi connectivity index (χ0) is 15.0. The van der Waals surface area contributed by atoms with Gasteiger partial charge in [-0.3, -0.25) is 9.59 Å². The van der Waals surface area contributed by atoms with Crippen LogP contribution in [-0.4, -0.2) is 53.2 Å². The Morgan fingerprint density at radius 2 is 2.14 bits per heavy atom. The van der Waals surface area contributed by atoms with Crippen molar-refractivity contribution in [1.29, 1.82) is 0 Å². The second kappa shape index (κ2) is 5.21. The molecule has 110 valence electrons. The first-order valence-electron chi connectivity index (χ1n) is 6.73. The van der Waals surface area contributed by atoms with Gasteiger partial charge in [0.2, 0.25) is 0 Å². The van der Waals surface area contributed by atoms with Crippen LogP contribution in [0.3, 0.4) is 0 Å². The highest BCUT2D eigenvalue weighted by Crippen LogP contribution is 2.23. The number of ether oxygens (including phenoxy) is 1. The minimum atomic E-state index is -0.935. The topological polar surface area (TPSA) is 82.6 Å². The molecule has 2 unspecified atom stereocenters. The van der Waals surface area contributed by atoms with Gasteiger partial charge in [0.05, 0.1) is 30.3 Å². The van der Waals surface area contributed by atoms with E-state index < -0.39 is 17.9 Å². The molecule has 6 nitrogen and oxygen atoms in total. The van der Waals surface area contributed by atoms with Crippen molar-refractivity contribution in [2.24, 2.45) is 5.92 Å². The molecule has 0 saturated carbocycles. The fourth-order valence-corrected chi connectivity index (χ4v) is 2.76. The van der Waals surface area contributed by atoms with E-state index in [1.54, 1.807) is 19.3 Å². The number of para-hydroxylation sites is 1. The molecule has 1 aromatic carbocycles. The summed E-state index contributed by atoms with van der Waals surface area (Å²) < 4.78 is 5.23. The number of aromatic nitrogens is 1. The number of rotatable bonds is 3. The Labute approximate surface area is 121 Å². The third kappa shape index (κ3) is 2.27. The molecular formula is C15H16N2O4. The van der Waals surface area contributed by atoms with Crippen molar-refractivity contribution in [2.75, 3.05) is 20.3 Å². The van der Waals surface area contributed by atoms with E-state index in [4.69, 9.17) is 4.74 Å². The number of amides is 1. The number of fused-ring (bicyclic) bond motifs is 1. The standard InChI is InChI=1S/C15H16N2O4/c1-17(12-8-21-7-11(12)15(19)20)14(18)10-4-2-3-9-5-6-16-13(9)10/h2-6,11-12,16H,7-8H2,1H3,(H,19,20). The summed E-state index contributed by atoms with van der Waals surface area (Å²) in [5.74, 6) is -1.82. The summed E-state index contributed by atoms with van der Waals surface area (Å²) in [6, 6.07) is 6.92. The van der Waals surface area contributed by atoms with Gasteiger partial charge in [0, 0.05) is 18.6 Å². The summed E-state index contributed by atoms with van der Waals surface area (Å²) in [5, 5.41) is 10.2. The molecular weight excluding hydrogens is 272 g/mol. The van der Waals surface area contributed by atoms with Crippen molar-refractivity contribution in [2.45, 2.75) is 6.04 Å². The number of likely N-dealkylation sites (N-methyl/N-ethyl adjacent to an activating group) is 1. The number of carbonyl (C=O) groups is 2. The van der Waals surface area contributed by atoms with Gasteiger partial charge in [0.25, 0.3) is 5.91 Å². The van der Waals surface area contributed by atoms with Crippen LogP contribution in [0.15, 0.2) is 30.5 Å². The predicted octanol–water partition coefficient (Wildman–Crippen LogP) is 1.34. The van der Waals surface area contributed by atoms with Crippen molar-refractivity contribution in [3.05, 3.63) is 36.0 Å². The van der Waals surface area contributed by atoms with Gasteiger partial charge >= 0.3 is 5.97 Å². The number of H-pyrrole nitrogens is 1. The van der Waals surface area contributed by atoms with Gasteiger partial charge in [-0.25, -0.2) is 0 Å². The third-order valence-corrected chi connectivity index (χ3v) is 4.00. The smallest absolute Gasteiger partial charge is 0.311 e. The molecule has 1 amide bonds. The Hall–Kier alpha value is -2.34. The normalized spacial score (nSPS) is 21.6. The summed E-state index contributed by atoms with van der Waals surface area (Å²) in [4.78, 5) is 28.4. The summed E-state index contributed by atoms with van der Waals surface area (Å²) in [5.41, 5.74) is 1.30. The maximum Gasteiger partial charge on any atom is 0.311 e. The summed E-state index contributed by atoms with van der Waals surface area (Å²) in [7, 11) is 1.62. The highest BCUT2D eigenvalue weighted by Gasteiger charge is 2.38. The molecule has 2 N–H and O–H groups in total. The molecule has 0 bridgehead atoms. The lowest BCUT2D eigenvalue weighted by molar-refractivity contribution is -0.142.